The van der Waals surface area contributed by atoms with E-state index in [0.717, 1.165) is 24.0 Å². The number of morpholine rings is 1. The van der Waals surface area contributed by atoms with Gasteiger partial charge in [0.15, 0.2) is 5.82 Å². The number of aromatic nitrogens is 2. The Kier molecular flexibility index (Phi) is 4.26. The second-order valence-electron chi connectivity index (χ2n) is 7.07. The SMILES string of the molecule is C=CC(N1CCOCC1)n1nc(N2C(=O)c3ccccc3C2=O)c2ccccc21. The molecular formula is C22H20N4O3. The molecule has 2 aliphatic rings. The molecule has 0 N–H and O–H groups in total. The van der Waals surface area contributed by atoms with Gasteiger partial charge in [0, 0.05) is 18.5 Å². The van der Waals surface area contributed by atoms with Crippen LogP contribution in [0, 0.1) is 0 Å². The number of hydrogen-bond acceptors (Lipinski definition) is 5. The summed E-state index contributed by atoms with van der Waals surface area (Å²) < 4.78 is 7.30. The van der Waals surface area contributed by atoms with E-state index in [2.05, 4.69) is 11.5 Å². The molecule has 2 aliphatic heterocycles. The molecule has 0 saturated carbocycles. The van der Waals surface area contributed by atoms with Crippen molar-refractivity contribution in [3.05, 3.63) is 72.3 Å². The predicted octanol–water partition coefficient (Wildman–Crippen LogP) is 2.85. The molecule has 1 saturated heterocycles. The number of imide groups is 1. The Bertz CT molecular complexity index is 1100. The van der Waals surface area contributed by atoms with Gasteiger partial charge < -0.3 is 4.74 Å². The van der Waals surface area contributed by atoms with Gasteiger partial charge in [-0.15, -0.1) is 0 Å². The number of ether oxygens (including phenoxy) is 1. The van der Waals surface area contributed by atoms with E-state index in [-0.39, 0.29) is 18.0 Å². The number of nitrogens with zero attached hydrogens (tertiary/aromatic N) is 4. The number of benzene rings is 2. The van der Waals surface area contributed by atoms with Gasteiger partial charge in [0.1, 0.15) is 6.17 Å². The third-order valence-corrected chi connectivity index (χ3v) is 5.48. The molecule has 0 bridgehead atoms. The lowest BCUT2D eigenvalue weighted by molar-refractivity contribution is 0.00963. The molecule has 7 heteroatoms. The average Bonchev–Trinajstić information content (AvgIpc) is 3.25. The summed E-state index contributed by atoms with van der Waals surface area (Å²) in [5.74, 6) is -0.336. The molecule has 5 rings (SSSR count). The zero-order chi connectivity index (χ0) is 20.0. The fourth-order valence-corrected chi connectivity index (χ4v) is 4.07. The van der Waals surface area contributed by atoms with Crippen LogP contribution < -0.4 is 4.90 Å². The summed E-state index contributed by atoms with van der Waals surface area (Å²) in [5.41, 5.74) is 1.66. The van der Waals surface area contributed by atoms with Crippen LogP contribution in [0.4, 0.5) is 5.82 Å². The maximum atomic E-state index is 13.0. The minimum absolute atomic E-state index is 0.201. The van der Waals surface area contributed by atoms with Crippen molar-refractivity contribution in [3.8, 4) is 0 Å². The highest BCUT2D eigenvalue weighted by molar-refractivity contribution is 6.35. The minimum atomic E-state index is -0.345. The number of carbonyl (C=O) groups excluding carboxylic acids is 2. The van der Waals surface area contributed by atoms with Gasteiger partial charge in [-0.1, -0.05) is 36.9 Å². The first-order valence-corrected chi connectivity index (χ1v) is 9.60. The number of fused-ring (bicyclic) bond motifs is 2. The van der Waals surface area contributed by atoms with Gasteiger partial charge in [0.2, 0.25) is 0 Å². The van der Waals surface area contributed by atoms with Crippen LogP contribution in [0.5, 0.6) is 0 Å². The second kappa shape index (κ2) is 6.95. The molecule has 1 aromatic heterocycles. The van der Waals surface area contributed by atoms with Crippen LogP contribution >= 0.6 is 0 Å². The van der Waals surface area contributed by atoms with Crippen LogP contribution in [0.2, 0.25) is 0 Å². The molecule has 1 fully saturated rings. The van der Waals surface area contributed by atoms with Crippen LogP contribution in [-0.4, -0.2) is 52.8 Å². The molecular weight excluding hydrogens is 368 g/mol. The third kappa shape index (κ3) is 2.70. The van der Waals surface area contributed by atoms with E-state index in [0.29, 0.717) is 30.2 Å². The summed E-state index contributed by atoms with van der Waals surface area (Å²) >= 11 is 0. The normalized spacial score (nSPS) is 18.3. The molecule has 0 radical (unpaired) electrons. The van der Waals surface area contributed by atoms with E-state index in [1.807, 2.05) is 35.0 Å². The molecule has 0 spiro atoms. The molecule has 3 aromatic rings. The molecule has 0 aliphatic carbocycles. The van der Waals surface area contributed by atoms with E-state index in [1.54, 1.807) is 24.3 Å². The van der Waals surface area contributed by atoms with E-state index < -0.39 is 0 Å². The van der Waals surface area contributed by atoms with Crippen molar-refractivity contribution in [1.29, 1.82) is 0 Å². The van der Waals surface area contributed by atoms with Crippen molar-refractivity contribution in [2.24, 2.45) is 0 Å². The summed E-state index contributed by atoms with van der Waals surface area (Å²) in [5, 5.41) is 5.50. The Morgan fingerprint density at radius 2 is 1.59 bits per heavy atom. The lowest BCUT2D eigenvalue weighted by Gasteiger charge is -2.33. The van der Waals surface area contributed by atoms with Crippen LogP contribution in [0.15, 0.2) is 61.2 Å². The first-order chi connectivity index (χ1) is 14.2. The van der Waals surface area contributed by atoms with Gasteiger partial charge in [-0.25, -0.2) is 9.58 Å². The lowest BCUT2D eigenvalue weighted by atomic mass is 10.1. The summed E-state index contributed by atoms with van der Waals surface area (Å²) in [4.78, 5) is 29.4. The Hall–Kier alpha value is -3.29. The van der Waals surface area contributed by atoms with Crippen molar-refractivity contribution >= 4 is 28.5 Å². The van der Waals surface area contributed by atoms with Gasteiger partial charge in [-0.2, -0.15) is 5.10 Å². The quantitative estimate of drug-likeness (QED) is 0.508. The average molecular weight is 388 g/mol. The van der Waals surface area contributed by atoms with Crippen LogP contribution in [0.3, 0.4) is 0 Å². The number of carbonyl (C=O) groups is 2. The molecule has 7 nitrogen and oxygen atoms in total. The van der Waals surface area contributed by atoms with Crippen molar-refractivity contribution in [2.45, 2.75) is 6.17 Å². The van der Waals surface area contributed by atoms with Crippen LogP contribution in [-0.2, 0) is 4.74 Å². The molecule has 1 atom stereocenters. The maximum absolute atomic E-state index is 13.0. The van der Waals surface area contributed by atoms with Gasteiger partial charge in [-0.3, -0.25) is 14.5 Å². The minimum Gasteiger partial charge on any atom is -0.379 e. The van der Waals surface area contributed by atoms with E-state index >= 15 is 0 Å². The van der Waals surface area contributed by atoms with E-state index in [4.69, 9.17) is 9.84 Å². The Balaban J connectivity index is 1.64. The van der Waals surface area contributed by atoms with Gasteiger partial charge in [-0.05, 0) is 24.3 Å². The zero-order valence-corrected chi connectivity index (χ0v) is 15.8. The van der Waals surface area contributed by atoms with E-state index in [9.17, 15) is 9.59 Å². The van der Waals surface area contributed by atoms with Crippen molar-refractivity contribution < 1.29 is 14.3 Å². The van der Waals surface area contributed by atoms with Crippen molar-refractivity contribution in [2.75, 3.05) is 31.2 Å². The summed E-state index contributed by atoms with van der Waals surface area (Å²) in [6.07, 6.45) is 1.63. The molecule has 1 unspecified atom stereocenters. The van der Waals surface area contributed by atoms with Gasteiger partial charge in [0.25, 0.3) is 11.8 Å². The monoisotopic (exact) mass is 388 g/mol. The standard InChI is InChI=1S/C22H20N4O3/c1-2-19(24-11-13-29-14-12-24)26-18-10-6-5-9-17(18)20(23-26)25-21(27)15-7-3-4-8-16(15)22(25)28/h2-10,19H,1,11-14H2. The second-order valence-corrected chi connectivity index (χ2v) is 7.07. The lowest BCUT2D eigenvalue weighted by Crippen LogP contribution is -2.41. The number of hydrogen-bond donors (Lipinski definition) is 0. The third-order valence-electron chi connectivity index (χ3n) is 5.48. The van der Waals surface area contributed by atoms with Crippen molar-refractivity contribution in [1.82, 2.24) is 14.7 Å². The Morgan fingerprint density at radius 1 is 0.966 bits per heavy atom. The summed E-state index contributed by atoms with van der Waals surface area (Å²) in [6, 6.07) is 14.5. The van der Waals surface area contributed by atoms with Gasteiger partial charge in [0.05, 0.1) is 29.9 Å². The van der Waals surface area contributed by atoms with Crippen LogP contribution in [0.1, 0.15) is 26.9 Å². The first-order valence-electron chi connectivity index (χ1n) is 9.60. The molecule has 29 heavy (non-hydrogen) atoms. The van der Waals surface area contributed by atoms with E-state index in [1.165, 1.54) is 4.90 Å². The fourth-order valence-electron chi connectivity index (χ4n) is 4.07. The summed E-state index contributed by atoms with van der Waals surface area (Å²) in [6.45, 7) is 6.81. The fraction of sp³-hybridized carbons (Fsp3) is 0.227. The zero-order valence-electron chi connectivity index (χ0n) is 15.8. The highest BCUT2D eigenvalue weighted by atomic mass is 16.5. The predicted molar refractivity (Wildman–Crippen MR) is 109 cm³/mol. The molecule has 2 aromatic carbocycles. The topological polar surface area (TPSA) is 67.7 Å². The smallest absolute Gasteiger partial charge is 0.267 e. The van der Waals surface area contributed by atoms with Gasteiger partial charge >= 0.3 is 0 Å². The number of amides is 2. The number of para-hydroxylation sites is 1. The summed E-state index contributed by atoms with van der Waals surface area (Å²) in [7, 11) is 0. The van der Waals surface area contributed by atoms with Crippen molar-refractivity contribution in [3.63, 3.8) is 0 Å². The highest BCUT2D eigenvalue weighted by Crippen LogP contribution is 2.34. The first kappa shape index (κ1) is 17.8. The maximum Gasteiger partial charge on any atom is 0.267 e. The highest BCUT2D eigenvalue weighted by Gasteiger charge is 2.39. The molecule has 146 valence electrons. The number of rotatable bonds is 4. The Labute approximate surface area is 167 Å². The number of anilines is 1. The molecule has 2 amide bonds. The molecule has 3 heterocycles. The van der Waals surface area contributed by atoms with Crippen LogP contribution in [0.25, 0.3) is 10.9 Å². The largest absolute Gasteiger partial charge is 0.379 e. The Morgan fingerprint density at radius 3 is 2.24 bits per heavy atom.